The Kier molecular flexibility index (Phi) is 5.77. The van der Waals surface area contributed by atoms with Crippen molar-refractivity contribution < 1.29 is 12.8 Å². The number of aryl methyl sites for hydroxylation is 3. The molecule has 0 saturated carbocycles. The van der Waals surface area contributed by atoms with Crippen molar-refractivity contribution in [3.05, 3.63) is 71.1 Å². The monoisotopic (exact) mass is 425 g/mol. The Labute approximate surface area is 178 Å². The Bertz CT molecular complexity index is 1130. The summed E-state index contributed by atoms with van der Waals surface area (Å²) in [6.45, 7) is 8.85. The Morgan fingerprint density at radius 3 is 2.27 bits per heavy atom. The van der Waals surface area contributed by atoms with E-state index in [0.717, 1.165) is 28.1 Å². The average molecular weight is 426 g/mol. The lowest BCUT2D eigenvalue weighted by atomic mass is 10.1. The van der Waals surface area contributed by atoms with Gasteiger partial charge in [0.2, 0.25) is 15.9 Å². The van der Waals surface area contributed by atoms with Crippen LogP contribution < -0.4 is 0 Å². The lowest BCUT2D eigenvalue weighted by Crippen LogP contribution is -2.48. The summed E-state index contributed by atoms with van der Waals surface area (Å²) in [4.78, 5) is 7.31. The summed E-state index contributed by atoms with van der Waals surface area (Å²) in [5, 5.41) is 0. The van der Waals surface area contributed by atoms with E-state index in [-0.39, 0.29) is 0 Å². The summed E-state index contributed by atoms with van der Waals surface area (Å²) < 4.78 is 33.3. The van der Waals surface area contributed by atoms with E-state index in [1.165, 1.54) is 0 Å². The van der Waals surface area contributed by atoms with Crippen LogP contribution in [-0.2, 0) is 16.6 Å². The number of sulfonamides is 1. The van der Waals surface area contributed by atoms with Gasteiger partial charge in [0.05, 0.1) is 10.6 Å². The molecule has 1 aromatic heterocycles. The average Bonchev–Trinajstić information content (AvgIpc) is 3.09. The minimum absolute atomic E-state index is 0.358. The molecule has 0 unspecified atom stereocenters. The first-order valence-corrected chi connectivity index (χ1v) is 11.6. The molecule has 0 atom stereocenters. The van der Waals surface area contributed by atoms with Gasteiger partial charge in [0.1, 0.15) is 5.76 Å². The summed E-state index contributed by atoms with van der Waals surface area (Å²) >= 11 is 0. The number of hydrogen-bond acceptors (Lipinski definition) is 5. The minimum atomic E-state index is -3.45. The van der Waals surface area contributed by atoms with Crippen LogP contribution in [0.25, 0.3) is 11.5 Å². The molecule has 0 N–H and O–H groups in total. The lowest BCUT2D eigenvalue weighted by Gasteiger charge is -2.33. The van der Waals surface area contributed by atoms with Gasteiger partial charge in [0.25, 0.3) is 0 Å². The summed E-state index contributed by atoms with van der Waals surface area (Å²) in [5.41, 5.74) is 4.08. The molecule has 1 aliphatic rings. The first-order valence-electron chi connectivity index (χ1n) is 10.2. The highest BCUT2D eigenvalue weighted by molar-refractivity contribution is 7.89. The van der Waals surface area contributed by atoms with Crippen LogP contribution in [0.1, 0.15) is 22.6 Å². The predicted octanol–water partition coefficient (Wildman–Crippen LogP) is 3.77. The van der Waals surface area contributed by atoms with Crippen molar-refractivity contribution in [3.63, 3.8) is 0 Å². The standard InChI is InChI=1S/C23H27N3O3S/c1-17-8-10-20(11-9-17)30(27,28)26-14-12-25(13-15-26)16-22-19(3)29-23(24-22)21-7-5-4-6-18(21)2/h4-11H,12-16H2,1-3H3. The zero-order chi connectivity index (χ0) is 21.3. The van der Waals surface area contributed by atoms with E-state index in [1.807, 2.05) is 57.2 Å². The van der Waals surface area contributed by atoms with Crippen molar-refractivity contribution in [1.82, 2.24) is 14.2 Å². The fourth-order valence-electron chi connectivity index (χ4n) is 3.70. The van der Waals surface area contributed by atoms with E-state index in [2.05, 4.69) is 4.90 Å². The van der Waals surface area contributed by atoms with Crippen molar-refractivity contribution in [3.8, 4) is 11.5 Å². The number of piperazine rings is 1. The third-order valence-corrected chi connectivity index (χ3v) is 7.54. The highest BCUT2D eigenvalue weighted by atomic mass is 32.2. The SMILES string of the molecule is Cc1ccc(S(=O)(=O)N2CCN(Cc3nc(-c4ccccc4C)oc3C)CC2)cc1. The topological polar surface area (TPSA) is 66.7 Å². The number of rotatable bonds is 5. The Hall–Kier alpha value is -2.48. The molecule has 30 heavy (non-hydrogen) atoms. The van der Waals surface area contributed by atoms with Crippen LogP contribution in [0.2, 0.25) is 0 Å². The van der Waals surface area contributed by atoms with E-state index < -0.39 is 10.0 Å². The Morgan fingerprint density at radius 2 is 1.60 bits per heavy atom. The highest BCUT2D eigenvalue weighted by Crippen LogP contribution is 2.26. The first kappa shape index (κ1) is 20.8. The maximum absolute atomic E-state index is 12.9. The van der Waals surface area contributed by atoms with Gasteiger partial charge in [-0.15, -0.1) is 0 Å². The first-order chi connectivity index (χ1) is 14.3. The number of aromatic nitrogens is 1. The maximum Gasteiger partial charge on any atom is 0.243 e. The van der Waals surface area contributed by atoms with Crippen molar-refractivity contribution >= 4 is 10.0 Å². The molecular formula is C23H27N3O3S. The summed E-state index contributed by atoms with van der Waals surface area (Å²) in [5.74, 6) is 1.45. The summed E-state index contributed by atoms with van der Waals surface area (Å²) in [6.07, 6.45) is 0. The van der Waals surface area contributed by atoms with E-state index in [0.29, 0.717) is 43.5 Å². The van der Waals surface area contributed by atoms with Gasteiger partial charge in [-0.3, -0.25) is 4.90 Å². The van der Waals surface area contributed by atoms with Crippen molar-refractivity contribution in [2.45, 2.75) is 32.2 Å². The minimum Gasteiger partial charge on any atom is -0.441 e. The zero-order valence-electron chi connectivity index (χ0n) is 17.6. The largest absolute Gasteiger partial charge is 0.441 e. The van der Waals surface area contributed by atoms with Gasteiger partial charge in [-0.25, -0.2) is 13.4 Å². The second-order valence-electron chi connectivity index (χ2n) is 7.83. The predicted molar refractivity (Wildman–Crippen MR) is 117 cm³/mol. The quantitative estimate of drug-likeness (QED) is 0.622. The normalized spacial score (nSPS) is 16.1. The van der Waals surface area contributed by atoms with Crippen LogP contribution in [0.5, 0.6) is 0 Å². The molecule has 2 heterocycles. The van der Waals surface area contributed by atoms with Crippen LogP contribution >= 0.6 is 0 Å². The van der Waals surface area contributed by atoms with E-state index in [9.17, 15) is 8.42 Å². The van der Waals surface area contributed by atoms with Crippen molar-refractivity contribution in [1.29, 1.82) is 0 Å². The molecule has 0 bridgehead atoms. The van der Waals surface area contributed by atoms with Gasteiger partial charge >= 0.3 is 0 Å². The van der Waals surface area contributed by atoms with Gasteiger partial charge < -0.3 is 4.42 Å². The molecule has 0 radical (unpaired) electrons. The molecule has 7 heteroatoms. The molecule has 3 aromatic rings. The van der Waals surface area contributed by atoms with Crippen LogP contribution in [0, 0.1) is 20.8 Å². The smallest absolute Gasteiger partial charge is 0.243 e. The molecule has 6 nitrogen and oxygen atoms in total. The van der Waals surface area contributed by atoms with E-state index in [1.54, 1.807) is 16.4 Å². The van der Waals surface area contributed by atoms with Gasteiger partial charge in [-0.1, -0.05) is 35.9 Å². The number of hydrogen-bond donors (Lipinski definition) is 0. The third-order valence-electron chi connectivity index (χ3n) is 5.63. The molecular weight excluding hydrogens is 398 g/mol. The summed E-state index contributed by atoms with van der Waals surface area (Å²) in [6, 6.07) is 15.1. The fourth-order valence-corrected chi connectivity index (χ4v) is 5.12. The second-order valence-corrected chi connectivity index (χ2v) is 9.77. The van der Waals surface area contributed by atoms with E-state index >= 15 is 0 Å². The fraction of sp³-hybridized carbons (Fsp3) is 0.348. The van der Waals surface area contributed by atoms with Gasteiger partial charge in [0.15, 0.2) is 0 Å². The molecule has 158 valence electrons. The van der Waals surface area contributed by atoms with Crippen LogP contribution in [-0.4, -0.2) is 48.8 Å². The molecule has 1 fully saturated rings. The molecule has 0 spiro atoms. The molecule has 1 saturated heterocycles. The maximum atomic E-state index is 12.9. The molecule has 0 amide bonds. The van der Waals surface area contributed by atoms with Gasteiger partial charge in [-0.2, -0.15) is 4.31 Å². The van der Waals surface area contributed by atoms with Crippen molar-refractivity contribution in [2.75, 3.05) is 26.2 Å². The number of benzene rings is 2. The molecule has 0 aliphatic carbocycles. The highest BCUT2D eigenvalue weighted by Gasteiger charge is 2.29. The summed E-state index contributed by atoms with van der Waals surface area (Å²) in [7, 11) is -3.45. The van der Waals surface area contributed by atoms with E-state index in [4.69, 9.17) is 9.40 Å². The molecule has 1 aliphatic heterocycles. The number of oxazole rings is 1. The van der Waals surface area contributed by atoms with Gasteiger partial charge in [-0.05, 0) is 44.5 Å². The van der Waals surface area contributed by atoms with Gasteiger partial charge in [0, 0.05) is 38.3 Å². The van der Waals surface area contributed by atoms with Crippen LogP contribution in [0.3, 0.4) is 0 Å². The zero-order valence-corrected chi connectivity index (χ0v) is 18.4. The Balaban J connectivity index is 1.42. The van der Waals surface area contributed by atoms with Crippen LogP contribution in [0.4, 0.5) is 0 Å². The third kappa shape index (κ3) is 4.19. The lowest BCUT2D eigenvalue weighted by molar-refractivity contribution is 0.179. The molecule has 2 aromatic carbocycles. The van der Waals surface area contributed by atoms with Crippen LogP contribution in [0.15, 0.2) is 57.8 Å². The Morgan fingerprint density at radius 1 is 0.933 bits per heavy atom. The second kappa shape index (κ2) is 8.34. The van der Waals surface area contributed by atoms with Crippen molar-refractivity contribution in [2.24, 2.45) is 0 Å². The number of nitrogens with zero attached hydrogens (tertiary/aromatic N) is 3. The molecule has 4 rings (SSSR count).